The number of hydrogen-bond acceptors (Lipinski definition) is 7. The van der Waals surface area contributed by atoms with Gasteiger partial charge in [0.1, 0.15) is 4.90 Å². The number of nitro benzene ring substituents is 1. The van der Waals surface area contributed by atoms with Gasteiger partial charge in [0.05, 0.1) is 20.5 Å². The van der Waals surface area contributed by atoms with E-state index in [1.807, 2.05) is 0 Å². The minimum Gasteiger partial charge on any atom is -0.452 e. The van der Waals surface area contributed by atoms with Crippen molar-refractivity contribution >= 4 is 56.3 Å². The summed E-state index contributed by atoms with van der Waals surface area (Å²) in [5.41, 5.74) is -0.720. The summed E-state index contributed by atoms with van der Waals surface area (Å²) in [6.07, 6.45) is 0.806. The Kier molecular flexibility index (Phi) is 6.60. The zero-order chi connectivity index (χ0) is 21.1. The number of sulfone groups is 1. The van der Waals surface area contributed by atoms with E-state index in [0.717, 1.165) is 24.5 Å². The molecule has 0 aromatic heterocycles. The van der Waals surface area contributed by atoms with Gasteiger partial charge < -0.3 is 10.1 Å². The lowest BCUT2D eigenvalue weighted by atomic mass is 10.2. The van der Waals surface area contributed by atoms with Gasteiger partial charge in [0.15, 0.2) is 16.4 Å². The molecule has 9 nitrogen and oxygen atoms in total. The van der Waals surface area contributed by atoms with E-state index >= 15 is 0 Å². The Hall–Kier alpha value is -2.69. The quantitative estimate of drug-likeness (QED) is 0.409. The number of rotatable bonds is 6. The first kappa shape index (κ1) is 21.6. The van der Waals surface area contributed by atoms with Crippen molar-refractivity contribution in [3.05, 3.63) is 62.1 Å². The van der Waals surface area contributed by atoms with E-state index < -0.39 is 43.8 Å². The van der Waals surface area contributed by atoms with Crippen LogP contribution in [-0.2, 0) is 19.4 Å². The maximum atomic E-state index is 12.0. The zero-order valence-corrected chi connectivity index (χ0v) is 16.5. The lowest BCUT2D eigenvalue weighted by Crippen LogP contribution is -2.21. The standard InChI is InChI=1S/C16H12Cl2N2O7S/c1-28(25,26)14-5-2-9(6-13(14)20(23)24)16(22)27-8-15(21)19-10-3-4-11(17)12(18)7-10/h2-7H,8H2,1H3,(H,19,21). The van der Waals surface area contributed by atoms with Crippen molar-refractivity contribution in [2.24, 2.45) is 0 Å². The Balaban J connectivity index is 2.08. The Labute approximate surface area is 169 Å². The van der Waals surface area contributed by atoms with E-state index in [-0.39, 0.29) is 10.6 Å². The van der Waals surface area contributed by atoms with Gasteiger partial charge in [-0.3, -0.25) is 14.9 Å². The van der Waals surface area contributed by atoms with Gasteiger partial charge in [0.25, 0.3) is 11.6 Å². The molecule has 1 amide bonds. The first-order valence-electron chi connectivity index (χ1n) is 7.39. The monoisotopic (exact) mass is 446 g/mol. The van der Waals surface area contributed by atoms with Crippen LogP contribution in [0.5, 0.6) is 0 Å². The Bertz CT molecular complexity index is 1070. The average Bonchev–Trinajstić information content (AvgIpc) is 2.61. The number of benzene rings is 2. The molecule has 0 unspecified atom stereocenters. The molecule has 0 aliphatic carbocycles. The molecule has 2 rings (SSSR count). The SMILES string of the molecule is CS(=O)(=O)c1ccc(C(=O)OCC(=O)Nc2ccc(Cl)c(Cl)c2)cc1[N+](=O)[O-]. The lowest BCUT2D eigenvalue weighted by Gasteiger charge is -2.08. The Morgan fingerprint density at radius 1 is 1.14 bits per heavy atom. The summed E-state index contributed by atoms with van der Waals surface area (Å²) in [7, 11) is -3.87. The predicted octanol–water partition coefficient (Wildman–Crippen LogP) is 3.10. The third-order valence-electron chi connectivity index (χ3n) is 3.33. The largest absolute Gasteiger partial charge is 0.452 e. The molecule has 1 N–H and O–H groups in total. The second-order valence-electron chi connectivity index (χ2n) is 5.46. The molecule has 12 heteroatoms. The van der Waals surface area contributed by atoms with Crippen molar-refractivity contribution in [3.8, 4) is 0 Å². The molecule has 0 atom stereocenters. The van der Waals surface area contributed by atoms with Crippen molar-refractivity contribution in [1.29, 1.82) is 0 Å². The second kappa shape index (κ2) is 8.55. The Morgan fingerprint density at radius 2 is 1.82 bits per heavy atom. The molecule has 0 bridgehead atoms. The fraction of sp³-hybridized carbons (Fsp3) is 0.125. The van der Waals surface area contributed by atoms with Crippen LogP contribution >= 0.6 is 23.2 Å². The normalized spacial score (nSPS) is 11.0. The number of carbonyl (C=O) groups is 2. The van der Waals surface area contributed by atoms with Gasteiger partial charge in [0, 0.05) is 18.0 Å². The predicted molar refractivity (Wildman–Crippen MR) is 102 cm³/mol. The third kappa shape index (κ3) is 5.41. The molecule has 0 fully saturated rings. The van der Waals surface area contributed by atoms with Crippen LogP contribution in [0, 0.1) is 10.1 Å². The van der Waals surface area contributed by atoms with Gasteiger partial charge in [-0.05, 0) is 30.3 Å². The minimum absolute atomic E-state index is 0.217. The van der Waals surface area contributed by atoms with Gasteiger partial charge in [0.2, 0.25) is 0 Å². The molecular weight excluding hydrogens is 435 g/mol. The molecule has 2 aromatic rings. The van der Waals surface area contributed by atoms with Crippen LogP contribution in [0.15, 0.2) is 41.3 Å². The third-order valence-corrected chi connectivity index (χ3v) is 5.21. The van der Waals surface area contributed by atoms with Crippen LogP contribution in [0.4, 0.5) is 11.4 Å². The smallest absolute Gasteiger partial charge is 0.338 e. The summed E-state index contributed by atoms with van der Waals surface area (Å²) in [6.45, 7) is -0.680. The van der Waals surface area contributed by atoms with Gasteiger partial charge >= 0.3 is 5.97 Å². The molecule has 0 spiro atoms. The van der Waals surface area contributed by atoms with Gasteiger partial charge in [-0.1, -0.05) is 23.2 Å². The number of anilines is 1. The first-order valence-corrected chi connectivity index (χ1v) is 10.0. The molecule has 28 heavy (non-hydrogen) atoms. The maximum Gasteiger partial charge on any atom is 0.338 e. The van der Waals surface area contributed by atoms with Crippen molar-refractivity contribution in [2.45, 2.75) is 4.90 Å². The summed E-state index contributed by atoms with van der Waals surface area (Å²) >= 11 is 11.6. The van der Waals surface area contributed by atoms with Crippen LogP contribution in [0.1, 0.15) is 10.4 Å². The summed E-state index contributed by atoms with van der Waals surface area (Å²) in [4.78, 5) is 33.5. The van der Waals surface area contributed by atoms with Gasteiger partial charge in [-0.15, -0.1) is 0 Å². The molecular formula is C16H12Cl2N2O7S. The van der Waals surface area contributed by atoms with E-state index in [1.54, 1.807) is 0 Å². The van der Waals surface area contributed by atoms with E-state index in [9.17, 15) is 28.1 Å². The maximum absolute atomic E-state index is 12.0. The number of nitrogens with zero attached hydrogens (tertiary/aromatic N) is 1. The van der Waals surface area contributed by atoms with Crippen molar-refractivity contribution < 1.29 is 27.7 Å². The van der Waals surface area contributed by atoms with E-state index in [2.05, 4.69) is 5.32 Å². The number of halogens is 2. The number of nitrogens with one attached hydrogen (secondary N) is 1. The van der Waals surface area contributed by atoms with Crippen LogP contribution in [0.25, 0.3) is 0 Å². The van der Waals surface area contributed by atoms with Crippen LogP contribution in [0.3, 0.4) is 0 Å². The fourth-order valence-corrected chi connectivity index (χ4v) is 3.21. The number of carbonyl (C=O) groups excluding carboxylic acids is 2. The van der Waals surface area contributed by atoms with Gasteiger partial charge in [-0.2, -0.15) is 0 Å². The van der Waals surface area contributed by atoms with E-state index in [4.69, 9.17) is 27.9 Å². The molecule has 0 heterocycles. The first-order chi connectivity index (χ1) is 13.0. The molecule has 2 aromatic carbocycles. The summed E-state index contributed by atoms with van der Waals surface area (Å²) in [5.74, 6) is -1.72. The highest BCUT2D eigenvalue weighted by Crippen LogP contribution is 2.26. The fourth-order valence-electron chi connectivity index (χ4n) is 2.09. The van der Waals surface area contributed by atoms with Crippen molar-refractivity contribution in [1.82, 2.24) is 0 Å². The molecule has 0 aliphatic heterocycles. The number of ether oxygens (including phenoxy) is 1. The average molecular weight is 447 g/mol. The van der Waals surface area contributed by atoms with E-state index in [1.165, 1.54) is 18.2 Å². The minimum atomic E-state index is -3.87. The lowest BCUT2D eigenvalue weighted by molar-refractivity contribution is -0.387. The van der Waals surface area contributed by atoms with Crippen LogP contribution in [0.2, 0.25) is 10.0 Å². The molecule has 0 aliphatic rings. The highest BCUT2D eigenvalue weighted by Gasteiger charge is 2.24. The molecule has 148 valence electrons. The topological polar surface area (TPSA) is 133 Å². The highest BCUT2D eigenvalue weighted by molar-refractivity contribution is 7.90. The number of esters is 1. The number of hydrogen-bond donors (Lipinski definition) is 1. The summed E-state index contributed by atoms with van der Waals surface area (Å²) in [6, 6.07) is 7.12. The summed E-state index contributed by atoms with van der Waals surface area (Å²) < 4.78 is 28.0. The number of amides is 1. The molecule has 0 radical (unpaired) electrons. The van der Waals surface area contributed by atoms with E-state index in [0.29, 0.717) is 10.7 Å². The number of nitro groups is 1. The van der Waals surface area contributed by atoms with Gasteiger partial charge in [-0.25, -0.2) is 13.2 Å². The molecule has 0 saturated carbocycles. The molecule has 0 saturated heterocycles. The highest BCUT2D eigenvalue weighted by atomic mass is 35.5. The van der Waals surface area contributed by atoms with Crippen LogP contribution in [-0.4, -0.2) is 38.1 Å². The van der Waals surface area contributed by atoms with Crippen molar-refractivity contribution in [3.63, 3.8) is 0 Å². The zero-order valence-electron chi connectivity index (χ0n) is 14.1. The van der Waals surface area contributed by atoms with Crippen LogP contribution < -0.4 is 5.32 Å². The van der Waals surface area contributed by atoms with Crippen molar-refractivity contribution in [2.75, 3.05) is 18.2 Å². The second-order valence-corrected chi connectivity index (χ2v) is 8.26. The Morgan fingerprint density at radius 3 is 2.39 bits per heavy atom. The summed E-state index contributed by atoms with van der Waals surface area (Å²) in [5, 5.41) is 14.0.